The number of nitrogens with zero attached hydrogens (tertiary/aromatic N) is 1. The van der Waals surface area contributed by atoms with Crippen molar-refractivity contribution in [3.63, 3.8) is 0 Å². The summed E-state index contributed by atoms with van der Waals surface area (Å²) in [4.78, 5) is 11.5. The number of benzene rings is 1. The summed E-state index contributed by atoms with van der Waals surface area (Å²) < 4.78 is 10.6. The molecule has 0 fully saturated rings. The summed E-state index contributed by atoms with van der Waals surface area (Å²) in [6.45, 7) is 3.02. The maximum absolute atomic E-state index is 11.5. The van der Waals surface area contributed by atoms with Crippen molar-refractivity contribution in [2.45, 2.75) is 32.5 Å². The first-order chi connectivity index (χ1) is 9.27. The average molecular weight is 261 g/mol. The van der Waals surface area contributed by atoms with E-state index in [1.165, 1.54) is 0 Å². The van der Waals surface area contributed by atoms with Crippen molar-refractivity contribution in [1.82, 2.24) is 0 Å². The van der Waals surface area contributed by atoms with Crippen LogP contribution in [0.25, 0.3) is 0 Å². The van der Waals surface area contributed by atoms with Crippen molar-refractivity contribution in [3.05, 3.63) is 35.9 Å². The molecule has 0 N–H and O–H groups in total. The molecule has 0 saturated carbocycles. The van der Waals surface area contributed by atoms with Crippen LogP contribution in [0.15, 0.2) is 30.3 Å². The summed E-state index contributed by atoms with van der Waals surface area (Å²) in [6, 6.07) is 11.7. The zero-order chi connectivity index (χ0) is 13.9. The Balaban J connectivity index is 2.16. The average Bonchev–Trinajstić information content (AvgIpc) is 2.44. The van der Waals surface area contributed by atoms with E-state index >= 15 is 0 Å². The van der Waals surface area contributed by atoms with E-state index < -0.39 is 6.10 Å². The standard InChI is InChI=1S/C15H19NO3/c1-2-6-14(17)15(11-16)19-10-9-18-12-13-7-4-3-5-8-13/h3-5,7-8,15H,2,6,9-10,12H2,1H3. The van der Waals surface area contributed by atoms with Gasteiger partial charge in [0.2, 0.25) is 6.10 Å². The van der Waals surface area contributed by atoms with Gasteiger partial charge in [-0.3, -0.25) is 4.79 Å². The van der Waals surface area contributed by atoms with Crippen molar-refractivity contribution in [3.8, 4) is 6.07 Å². The third-order valence-corrected chi connectivity index (χ3v) is 2.53. The molecule has 1 aromatic carbocycles. The minimum Gasteiger partial charge on any atom is -0.374 e. The number of ketones is 1. The summed E-state index contributed by atoms with van der Waals surface area (Å²) in [5, 5.41) is 8.82. The largest absolute Gasteiger partial charge is 0.374 e. The Bertz CT molecular complexity index is 411. The fourth-order valence-corrected chi connectivity index (χ4v) is 1.57. The van der Waals surface area contributed by atoms with Crippen LogP contribution in [-0.4, -0.2) is 25.1 Å². The van der Waals surface area contributed by atoms with Crippen LogP contribution >= 0.6 is 0 Å². The van der Waals surface area contributed by atoms with Gasteiger partial charge in [-0.15, -0.1) is 0 Å². The van der Waals surface area contributed by atoms with E-state index in [0.717, 1.165) is 12.0 Å². The van der Waals surface area contributed by atoms with Crippen molar-refractivity contribution in [2.24, 2.45) is 0 Å². The predicted molar refractivity (Wildman–Crippen MR) is 71.4 cm³/mol. The predicted octanol–water partition coefficient (Wildman–Crippen LogP) is 2.48. The second-order valence-electron chi connectivity index (χ2n) is 4.13. The zero-order valence-electron chi connectivity index (χ0n) is 11.2. The molecule has 0 aliphatic rings. The number of carbonyl (C=O) groups excluding carboxylic acids is 1. The molecule has 0 spiro atoms. The van der Waals surface area contributed by atoms with Gasteiger partial charge >= 0.3 is 0 Å². The highest BCUT2D eigenvalue weighted by atomic mass is 16.5. The number of rotatable bonds is 9. The van der Waals surface area contributed by atoms with Crippen LogP contribution in [-0.2, 0) is 20.9 Å². The third-order valence-electron chi connectivity index (χ3n) is 2.53. The summed E-state index contributed by atoms with van der Waals surface area (Å²) in [5.41, 5.74) is 1.08. The van der Waals surface area contributed by atoms with Gasteiger partial charge in [0.15, 0.2) is 5.78 Å². The molecular weight excluding hydrogens is 242 g/mol. The highest BCUT2D eigenvalue weighted by molar-refractivity contribution is 5.85. The highest BCUT2D eigenvalue weighted by Gasteiger charge is 2.16. The van der Waals surface area contributed by atoms with Crippen LogP contribution < -0.4 is 0 Å². The molecule has 1 rings (SSSR count). The Hall–Kier alpha value is -1.70. The number of hydrogen-bond donors (Lipinski definition) is 0. The lowest BCUT2D eigenvalue weighted by Crippen LogP contribution is -2.24. The van der Waals surface area contributed by atoms with Crippen molar-refractivity contribution in [2.75, 3.05) is 13.2 Å². The Morgan fingerprint density at radius 3 is 2.68 bits per heavy atom. The maximum atomic E-state index is 11.5. The highest BCUT2D eigenvalue weighted by Crippen LogP contribution is 2.02. The molecule has 0 amide bonds. The fourth-order valence-electron chi connectivity index (χ4n) is 1.57. The number of nitriles is 1. The molecule has 0 aliphatic heterocycles. The molecule has 19 heavy (non-hydrogen) atoms. The van der Waals surface area contributed by atoms with Gasteiger partial charge in [0, 0.05) is 6.42 Å². The summed E-state index contributed by atoms with van der Waals surface area (Å²) in [7, 11) is 0. The van der Waals surface area contributed by atoms with Crippen LogP contribution in [0.4, 0.5) is 0 Å². The molecule has 1 aromatic rings. The third kappa shape index (κ3) is 6.14. The molecule has 102 valence electrons. The van der Waals surface area contributed by atoms with E-state index in [4.69, 9.17) is 14.7 Å². The van der Waals surface area contributed by atoms with E-state index in [-0.39, 0.29) is 12.4 Å². The second-order valence-corrected chi connectivity index (χ2v) is 4.13. The summed E-state index contributed by atoms with van der Waals surface area (Å²) >= 11 is 0. The lowest BCUT2D eigenvalue weighted by molar-refractivity contribution is -0.128. The normalized spacial score (nSPS) is 11.8. The first-order valence-electron chi connectivity index (χ1n) is 6.43. The minimum atomic E-state index is -0.958. The van der Waals surface area contributed by atoms with E-state index in [1.54, 1.807) is 0 Å². The molecule has 4 nitrogen and oxygen atoms in total. The molecule has 0 bridgehead atoms. The van der Waals surface area contributed by atoms with Gasteiger partial charge in [0.25, 0.3) is 0 Å². The molecule has 4 heteroatoms. The van der Waals surface area contributed by atoms with Gasteiger partial charge in [0.1, 0.15) is 6.07 Å². The van der Waals surface area contributed by atoms with Crippen LogP contribution in [0.1, 0.15) is 25.3 Å². The molecule has 0 aromatic heterocycles. The summed E-state index contributed by atoms with van der Waals surface area (Å²) in [5.74, 6) is -0.159. The Morgan fingerprint density at radius 2 is 2.05 bits per heavy atom. The molecule has 0 aliphatic carbocycles. The topological polar surface area (TPSA) is 59.3 Å². The summed E-state index contributed by atoms with van der Waals surface area (Å²) in [6.07, 6.45) is 0.147. The van der Waals surface area contributed by atoms with Crippen LogP contribution in [0.3, 0.4) is 0 Å². The van der Waals surface area contributed by atoms with Crippen molar-refractivity contribution >= 4 is 5.78 Å². The minimum absolute atomic E-state index is 0.159. The van der Waals surface area contributed by atoms with Gasteiger partial charge in [-0.2, -0.15) is 5.26 Å². The molecular formula is C15H19NO3. The van der Waals surface area contributed by atoms with E-state index in [0.29, 0.717) is 19.6 Å². The number of ether oxygens (including phenoxy) is 2. The van der Waals surface area contributed by atoms with E-state index in [9.17, 15) is 4.79 Å². The van der Waals surface area contributed by atoms with Crippen molar-refractivity contribution < 1.29 is 14.3 Å². The SMILES string of the molecule is CCCC(=O)C(C#N)OCCOCc1ccccc1. The Kier molecular flexibility index (Phi) is 7.48. The number of carbonyl (C=O) groups is 1. The molecule has 1 atom stereocenters. The lowest BCUT2D eigenvalue weighted by Gasteiger charge is -2.09. The van der Waals surface area contributed by atoms with Crippen molar-refractivity contribution in [1.29, 1.82) is 5.26 Å². The first-order valence-corrected chi connectivity index (χ1v) is 6.43. The zero-order valence-corrected chi connectivity index (χ0v) is 11.2. The van der Waals surface area contributed by atoms with Crippen LogP contribution in [0, 0.1) is 11.3 Å². The van der Waals surface area contributed by atoms with Crippen LogP contribution in [0.5, 0.6) is 0 Å². The van der Waals surface area contributed by atoms with E-state index in [2.05, 4.69) is 0 Å². The van der Waals surface area contributed by atoms with Gasteiger partial charge in [-0.1, -0.05) is 37.3 Å². The Morgan fingerprint density at radius 1 is 1.32 bits per heavy atom. The second kappa shape index (κ2) is 9.26. The lowest BCUT2D eigenvalue weighted by atomic mass is 10.1. The fraction of sp³-hybridized carbons (Fsp3) is 0.467. The van der Waals surface area contributed by atoms with Gasteiger partial charge in [0.05, 0.1) is 19.8 Å². The van der Waals surface area contributed by atoms with Crippen LogP contribution in [0.2, 0.25) is 0 Å². The smallest absolute Gasteiger partial charge is 0.201 e. The molecule has 0 heterocycles. The monoisotopic (exact) mass is 261 g/mol. The van der Waals surface area contributed by atoms with Gasteiger partial charge in [-0.25, -0.2) is 0 Å². The van der Waals surface area contributed by atoms with Gasteiger partial charge in [-0.05, 0) is 12.0 Å². The molecule has 0 saturated heterocycles. The quantitative estimate of drug-likeness (QED) is 0.641. The number of hydrogen-bond acceptors (Lipinski definition) is 4. The van der Waals surface area contributed by atoms with E-state index in [1.807, 2.05) is 43.3 Å². The maximum Gasteiger partial charge on any atom is 0.201 e. The first kappa shape index (κ1) is 15.4. The van der Waals surface area contributed by atoms with Gasteiger partial charge < -0.3 is 9.47 Å². The molecule has 0 radical (unpaired) electrons. The number of Topliss-reactive ketones (excluding diaryl/α,β-unsaturated/α-hetero) is 1. The Labute approximate surface area is 113 Å². The molecule has 1 unspecified atom stereocenters.